The fourth-order valence-electron chi connectivity index (χ4n) is 6.77. The number of aliphatic hydroxyl groups is 1. The molecule has 284 valence electrons. The lowest BCUT2D eigenvalue weighted by molar-refractivity contribution is -0.170. The molecule has 0 atom stereocenters. The Labute approximate surface area is 300 Å². The van der Waals surface area contributed by atoms with Crippen molar-refractivity contribution in [2.45, 2.75) is 71.3 Å². The van der Waals surface area contributed by atoms with Gasteiger partial charge in [0.05, 0.1) is 16.9 Å². The Morgan fingerprint density at radius 3 is 1.74 bits per heavy atom. The maximum atomic E-state index is 13.6. The molecular formula is C37H37F6N3O7. The number of anilines is 2. The standard InChI is InChI=1S/C37H37F6N3O7/c1-5-45(33(50)36(38,39)40)27-18-29-25(15-20(27)3)35(26-16-21(4)28(19-30(26)52-29)46(6-2)34(51)37(41,42)43)24-17-22(11-12-23(24)32(49)53-35)31(48)44-13-9-7-8-10-14-47/h11-12,15-19,47H,5-10,13-14H2,1-4H3,(H,44,48). The molecule has 10 nitrogen and oxygen atoms in total. The molecule has 2 aliphatic rings. The zero-order valence-corrected chi connectivity index (χ0v) is 29.3. The van der Waals surface area contributed by atoms with E-state index in [1.807, 2.05) is 0 Å². The van der Waals surface area contributed by atoms with Gasteiger partial charge in [-0.1, -0.05) is 12.8 Å². The highest BCUT2D eigenvalue weighted by Gasteiger charge is 2.55. The van der Waals surface area contributed by atoms with Crippen LogP contribution in [0.25, 0.3) is 0 Å². The molecule has 0 aliphatic carbocycles. The van der Waals surface area contributed by atoms with E-state index in [-0.39, 0.29) is 68.4 Å². The van der Waals surface area contributed by atoms with Crippen molar-refractivity contribution in [3.8, 4) is 11.5 Å². The molecule has 2 aliphatic heterocycles. The summed E-state index contributed by atoms with van der Waals surface area (Å²) in [6, 6.07) is 9.35. The minimum atomic E-state index is -5.23. The van der Waals surface area contributed by atoms with Gasteiger partial charge in [-0.3, -0.25) is 14.4 Å². The van der Waals surface area contributed by atoms with Crippen molar-refractivity contribution in [3.63, 3.8) is 0 Å². The number of amides is 3. The normalized spacial score (nSPS) is 14.1. The van der Waals surface area contributed by atoms with Gasteiger partial charge in [0.2, 0.25) is 0 Å². The second kappa shape index (κ2) is 14.7. The first-order valence-corrected chi connectivity index (χ1v) is 16.9. The SMILES string of the molecule is CCN(C(=O)C(F)(F)F)c1cc2c(cc1C)C1(OC(=O)c3ccc(C(=O)NCCCCCCO)cc31)c1cc(C)c(N(CC)C(=O)C(F)(F)F)cc1O2. The van der Waals surface area contributed by atoms with Crippen LogP contribution in [0, 0.1) is 13.8 Å². The summed E-state index contributed by atoms with van der Waals surface area (Å²) in [5.41, 5.74) is -1.45. The van der Waals surface area contributed by atoms with Crippen molar-refractivity contribution >= 4 is 35.1 Å². The molecule has 3 aromatic carbocycles. The molecule has 2 heterocycles. The van der Waals surface area contributed by atoms with Crippen LogP contribution >= 0.6 is 0 Å². The van der Waals surface area contributed by atoms with E-state index in [0.717, 1.165) is 25.0 Å². The Morgan fingerprint density at radius 1 is 0.755 bits per heavy atom. The first-order chi connectivity index (χ1) is 24.9. The van der Waals surface area contributed by atoms with Crippen LogP contribution in [0.5, 0.6) is 11.5 Å². The Hall–Kier alpha value is -5.12. The molecule has 0 unspecified atom stereocenters. The molecule has 53 heavy (non-hydrogen) atoms. The molecule has 5 rings (SSSR count). The van der Waals surface area contributed by atoms with Crippen LogP contribution in [0.1, 0.15) is 88.1 Å². The Morgan fingerprint density at radius 2 is 1.26 bits per heavy atom. The number of carbonyl (C=O) groups excluding carboxylic acids is 4. The number of carbonyl (C=O) groups is 4. The average molecular weight is 750 g/mol. The first kappa shape index (κ1) is 39.1. The van der Waals surface area contributed by atoms with Crippen LogP contribution in [0.15, 0.2) is 42.5 Å². The Kier molecular flexibility index (Phi) is 10.9. The van der Waals surface area contributed by atoms with Crippen molar-refractivity contribution < 1.29 is 60.1 Å². The topological polar surface area (TPSA) is 125 Å². The van der Waals surface area contributed by atoms with Gasteiger partial charge in [-0.05, 0) is 82.0 Å². The summed E-state index contributed by atoms with van der Waals surface area (Å²) >= 11 is 0. The van der Waals surface area contributed by atoms with E-state index in [4.69, 9.17) is 14.6 Å². The van der Waals surface area contributed by atoms with Crippen LogP contribution in [0.4, 0.5) is 37.7 Å². The number of alkyl halides is 6. The maximum Gasteiger partial charge on any atom is 0.471 e. The minimum Gasteiger partial charge on any atom is -0.456 e. The highest BCUT2D eigenvalue weighted by atomic mass is 19.4. The monoisotopic (exact) mass is 749 g/mol. The summed E-state index contributed by atoms with van der Waals surface area (Å²) < 4.78 is 94.2. The fourth-order valence-corrected chi connectivity index (χ4v) is 6.77. The molecule has 0 aromatic heterocycles. The smallest absolute Gasteiger partial charge is 0.456 e. The van der Waals surface area contributed by atoms with E-state index in [2.05, 4.69) is 5.32 Å². The Balaban J connectivity index is 1.72. The lowest BCUT2D eigenvalue weighted by Gasteiger charge is -2.38. The van der Waals surface area contributed by atoms with Crippen molar-refractivity contribution in [2.75, 3.05) is 36.0 Å². The molecular weight excluding hydrogens is 712 g/mol. The first-order valence-electron chi connectivity index (χ1n) is 16.9. The molecule has 0 radical (unpaired) electrons. The van der Waals surface area contributed by atoms with Gasteiger partial charge in [-0.15, -0.1) is 0 Å². The molecule has 0 saturated heterocycles. The molecule has 1 spiro atoms. The molecule has 0 fully saturated rings. The second-order valence-electron chi connectivity index (χ2n) is 12.7. The number of ether oxygens (including phenoxy) is 2. The number of nitrogens with zero attached hydrogens (tertiary/aromatic N) is 2. The van der Waals surface area contributed by atoms with E-state index >= 15 is 0 Å². The zero-order valence-electron chi connectivity index (χ0n) is 29.3. The van der Waals surface area contributed by atoms with Crippen molar-refractivity contribution in [2.24, 2.45) is 0 Å². The number of fused-ring (bicyclic) bond motifs is 6. The molecule has 0 bridgehead atoms. The summed E-state index contributed by atoms with van der Waals surface area (Å²) in [5.74, 6) is -6.00. The van der Waals surface area contributed by atoms with Gasteiger partial charge in [-0.2, -0.15) is 26.3 Å². The number of halogens is 6. The number of rotatable bonds is 11. The van der Waals surface area contributed by atoms with Crippen molar-refractivity contribution in [1.29, 1.82) is 0 Å². The van der Waals surface area contributed by atoms with Crippen molar-refractivity contribution in [1.82, 2.24) is 5.32 Å². The largest absolute Gasteiger partial charge is 0.471 e. The van der Waals surface area contributed by atoms with Gasteiger partial charge in [0.1, 0.15) is 11.5 Å². The van der Waals surface area contributed by atoms with Gasteiger partial charge in [-0.25, -0.2) is 4.79 Å². The van der Waals surface area contributed by atoms with Gasteiger partial charge >= 0.3 is 30.1 Å². The highest BCUT2D eigenvalue weighted by molar-refractivity contribution is 6.02. The predicted octanol–water partition coefficient (Wildman–Crippen LogP) is 6.98. The third-order valence-electron chi connectivity index (χ3n) is 9.26. The maximum absolute atomic E-state index is 13.6. The van der Waals surface area contributed by atoms with Crippen molar-refractivity contribution in [3.05, 3.63) is 81.4 Å². The molecule has 16 heteroatoms. The molecule has 2 N–H and O–H groups in total. The second-order valence-corrected chi connectivity index (χ2v) is 12.7. The van der Waals surface area contributed by atoms with E-state index in [0.29, 0.717) is 29.2 Å². The van der Waals surface area contributed by atoms with Gasteiger partial charge in [0.15, 0.2) is 5.60 Å². The van der Waals surface area contributed by atoms with Gasteiger partial charge in [0, 0.05) is 60.6 Å². The fraction of sp³-hybridized carbons (Fsp3) is 0.405. The van der Waals surface area contributed by atoms with E-state index in [1.165, 1.54) is 58.0 Å². The number of hydrogen-bond donors (Lipinski definition) is 2. The van der Waals surface area contributed by atoms with Crippen LogP contribution < -0.4 is 19.9 Å². The summed E-state index contributed by atoms with van der Waals surface area (Å²) in [5, 5.41) is 11.8. The third kappa shape index (κ3) is 7.15. The molecule has 0 saturated carbocycles. The number of hydrogen-bond acceptors (Lipinski definition) is 7. The average Bonchev–Trinajstić information content (AvgIpc) is 3.39. The summed E-state index contributed by atoms with van der Waals surface area (Å²) in [7, 11) is 0. The van der Waals surface area contributed by atoms with E-state index < -0.39 is 54.7 Å². The Bertz CT molecular complexity index is 1870. The summed E-state index contributed by atoms with van der Waals surface area (Å²) in [4.78, 5) is 52.8. The number of esters is 1. The lowest BCUT2D eigenvalue weighted by Crippen LogP contribution is -2.42. The number of unbranched alkanes of at least 4 members (excludes halogenated alkanes) is 3. The van der Waals surface area contributed by atoms with Gasteiger partial charge in [0.25, 0.3) is 5.91 Å². The molecule has 3 amide bonds. The van der Waals surface area contributed by atoms with Crippen LogP contribution in [0.3, 0.4) is 0 Å². The summed E-state index contributed by atoms with van der Waals surface area (Å²) in [6.07, 6.45) is -7.65. The molecule has 3 aromatic rings. The third-order valence-corrected chi connectivity index (χ3v) is 9.26. The summed E-state index contributed by atoms with van der Waals surface area (Å²) in [6.45, 7) is 5.16. The number of benzene rings is 3. The van der Waals surface area contributed by atoms with Crippen LogP contribution in [-0.2, 0) is 19.9 Å². The quantitative estimate of drug-likeness (QED) is 0.123. The number of aryl methyl sites for hydroxylation is 2. The minimum absolute atomic E-state index is 0.0395. The predicted molar refractivity (Wildman–Crippen MR) is 180 cm³/mol. The number of nitrogens with one attached hydrogen (secondary N) is 1. The zero-order chi connectivity index (χ0) is 39.0. The van der Waals surface area contributed by atoms with E-state index in [9.17, 15) is 45.5 Å². The van der Waals surface area contributed by atoms with Crippen LogP contribution in [-0.4, -0.2) is 67.4 Å². The van der Waals surface area contributed by atoms with Gasteiger partial charge < -0.3 is 29.7 Å². The highest BCUT2D eigenvalue weighted by Crippen LogP contribution is 2.58. The number of aliphatic hydroxyl groups excluding tert-OH is 1. The van der Waals surface area contributed by atoms with E-state index in [1.54, 1.807) is 0 Å². The van der Waals surface area contributed by atoms with Crippen LogP contribution in [0.2, 0.25) is 0 Å². The lowest BCUT2D eigenvalue weighted by atomic mass is 9.76.